The number of halogens is 5. The molecule has 0 aliphatic carbocycles. The maximum atomic E-state index is 13.7. The zero-order valence-corrected chi connectivity index (χ0v) is 14.9. The minimum atomic E-state index is -4.25. The summed E-state index contributed by atoms with van der Waals surface area (Å²) < 4.78 is 52.0. The molecule has 1 aliphatic heterocycles. The first-order chi connectivity index (χ1) is 11.6. The standard InChI is InChI=1S/C17H21ClF4N2O/c1-11(25)14(13-3-4-15(18)16(19)9-13)10-23-5-7-24(8-6-23)12(2)17(20,21)22/h3-4,9,12,14H,5-8,10H2,1-2H3. The number of hydrogen-bond acceptors (Lipinski definition) is 3. The monoisotopic (exact) mass is 380 g/mol. The summed E-state index contributed by atoms with van der Waals surface area (Å²) in [5.41, 5.74) is 0.528. The van der Waals surface area contributed by atoms with E-state index in [1.54, 1.807) is 6.07 Å². The highest BCUT2D eigenvalue weighted by atomic mass is 35.5. The maximum absolute atomic E-state index is 13.7. The van der Waals surface area contributed by atoms with E-state index in [1.807, 2.05) is 4.90 Å². The van der Waals surface area contributed by atoms with Crippen molar-refractivity contribution in [3.63, 3.8) is 0 Å². The third kappa shape index (κ3) is 5.15. The summed E-state index contributed by atoms with van der Waals surface area (Å²) in [7, 11) is 0. The number of benzene rings is 1. The Balaban J connectivity index is 2.00. The summed E-state index contributed by atoms with van der Waals surface area (Å²) in [6.45, 7) is 4.36. The Morgan fingerprint density at radius 2 is 1.84 bits per heavy atom. The van der Waals surface area contributed by atoms with Gasteiger partial charge in [0, 0.05) is 32.7 Å². The lowest BCUT2D eigenvalue weighted by Gasteiger charge is -2.39. The van der Waals surface area contributed by atoms with E-state index < -0.39 is 24.0 Å². The van der Waals surface area contributed by atoms with Gasteiger partial charge in [0.25, 0.3) is 0 Å². The quantitative estimate of drug-likeness (QED) is 0.727. The Morgan fingerprint density at radius 1 is 1.24 bits per heavy atom. The minimum Gasteiger partial charge on any atom is -0.300 e. The van der Waals surface area contributed by atoms with Gasteiger partial charge >= 0.3 is 6.18 Å². The van der Waals surface area contributed by atoms with Crippen LogP contribution in [0.5, 0.6) is 0 Å². The van der Waals surface area contributed by atoms with Crippen molar-refractivity contribution in [2.75, 3.05) is 32.7 Å². The summed E-state index contributed by atoms with van der Waals surface area (Å²) in [6, 6.07) is 2.78. The van der Waals surface area contributed by atoms with Gasteiger partial charge in [0.1, 0.15) is 17.6 Å². The van der Waals surface area contributed by atoms with Gasteiger partial charge in [-0.3, -0.25) is 14.6 Å². The van der Waals surface area contributed by atoms with Crippen LogP contribution < -0.4 is 0 Å². The van der Waals surface area contributed by atoms with Gasteiger partial charge in [-0.25, -0.2) is 4.39 Å². The van der Waals surface area contributed by atoms with Crippen LogP contribution in [0.15, 0.2) is 18.2 Å². The van der Waals surface area contributed by atoms with Crippen molar-refractivity contribution in [1.82, 2.24) is 9.80 Å². The lowest BCUT2D eigenvalue weighted by molar-refractivity contribution is -0.182. The third-order valence-corrected chi connectivity index (χ3v) is 5.01. The molecule has 0 bridgehead atoms. The topological polar surface area (TPSA) is 23.6 Å². The van der Waals surface area contributed by atoms with Crippen LogP contribution in [0, 0.1) is 5.82 Å². The smallest absolute Gasteiger partial charge is 0.300 e. The van der Waals surface area contributed by atoms with Crippen molar-refractivity contribution in [3.05, 3.63) is 34.6 Å². The van der Waals surface area contributed by atoms with Crippen LogP contribution in [0.4, 0.5) is 17.6 Å². The minimum absolute atomic E-state index is 0.0131. The molecule has 3 nitrogen and oxygen atoms in total. The molecule has 2 rings (SSSR count). The number of rotatable bonds is 5. The highest BCUT2D eigenvalue weighted by Crippen LogP contribution is 2.27. The Kier molecular flexibility index (Phi) is 6.45. The first-order valence-electron chi connectivity index (χ1n) is 8.08. The van der Waals surface area contributed by atoms with E-state index in [-0.39, 0.29) is 23.9 Å². The van der Waals surface area contributed by atoms with Gasteiger partial charge in [-0.15, -0.1) is 0 Å². The molecule has 140 valence electrons. The van der Waals surface area contributed by atoms with Crippen molar-refractivity contribution < 1.29 is 22.4 Å². The summed E-state index contributed by atoms with van der Waals surface area (Å²) in [5, 5.41) is -0.0131. The Bertz CT molecular complexity index is 615. The van der Waals surface area contributed by atoms with Crippen LogP contribution >= 0.6 is 11.6 Å². The van der Waals surface area contributed by atoms with Crippen molar-refractivity contribution >= 4 is 17.4 Å². The molecule has 0 saturated carbocycles. The largest absolute Gasteiger partial charge is 0.403 e. The SMILES string of the molecule is CC(=O)C(CN1CCN(C(C)C(F)(F)F)CC1)c1ccc(Cl)c(F)c1. The second kappa shape index (κ2) is 8.01. The molecule has 25 heavy (non-hydrogen) atoms. The van der Waals surface area contributed by atoms with E-state index in [2.05, 4.69) is 0 Å². The molecular formula is C17H21ClF4N2O. The number of carbonyl (C=O) groups is 1. The normalized spacial score (nSPS) is 19.6. The molecule has 0 radical (unpaired) electrons. The fourth-order valence-corrected chi connectivity index (χ4v) is 3.11. The number of ketones is 1. The first-order valence-corrected chi connectivity index (χ1v) is 8.46. The van der Waals surface area contributed by atoms with Gasteiger partial charge in [-0.2, -0.15) is 13.2 Å². The van der Waals surface area contributed by atoms with Gasteiger partial charge in [-0.1, -0.05) is 17.7 Å². The van der Waals surface area contributed by atoms with Crippen LogP contribution in [0.2, 0.25) is 5.02 Å². The Labute approximate surface area is 149 Å². The Hall–Kier alpha value is -1.18. The van der Waals surface area contributed by atoms with E-state index in [0.29, 0.717) is 25.2 Å². The average molecular weight is 381 g/mol. The number of Topliss-reactive ketones (excluding diaryl/α,β-unsaturated/α-hetero) is 1. The molecule has 1 saturated heterocycles. The Morgan fingerprint density at radius 3 is 2.32 bits per heavy atom. The number of piperazine rings is 1. The number of carbonyl (C=O) groups excluding carboxylic acids is 1. The fraction of sp³-hybridized carbons (Fsp3) is 0.588. The summed E-state index contributed by atoms with van der Waals surface area (Å²) in [6.07, 6.45) is -4.25. The molecule has 1 aromatic carbocycles. The predicted octanol–water partition coefficient (Wildman–Crippen LogP) is 3.72. The number of nitrogens with zero attached hydrogens (tertiary/aromatic N) is 2. The van der Waals surface area contributed by atoms with Crippen LogP contribution in [-0.2, 0) is 4.79 Å². The molecule has 1 aromatic rings. The van der Waals surface area contributed by atoms with Crippen molar-refractivity contribution in [2.45, 2.75) is 32.0 Å². The highest BCUT2D eigenvalue weighted by Gasteiger charge is 2.41. The van der Waals surface area contributed by atoms with E-state index in [4.69, 9.17) is 11.6 Å². The summed E-state index contributed by atoms with van der Waals surface area (Å²) in [5.74, 6) is -1.24. The van der Waals surface area contributed by atoms with Crippen LogP contribution in [-0.4, -0.2) is 60.5 Å². The van der Waals surface area contributed by atoms with Crippen molar-refractivity contribution in [1.29, 1.82) is 0 Å². The molecule has 1 heterocycles. The average Bonchev–Trinajstić information content (AvgIpc) is 2.54. The zero-order valence-electron chi connectivity index (χ0n) is 14.1. The number of hydrogen-bond donors (Lipinski definition) is 0. The zero-order chi connectivity index (χ0) is 18.8. The van der Waals surface area contributed by atoms with Gasteiger partial charge in [0.2, 0.25) is 0 Å². The molecule has 0 aromatic heterocycles. The van der Waals surface area contributed by atoms with Crippen molar-refractivity contribution in [3.8, 4) is 0 Å². The first kappa shape index (κ1) is 20.1. The molecule has 2 unspecified atom stereocenters. The molecule has 0 N–H and O–H groups in total. The fourth-order valence-electron chi connectivity index (χ4n) is 3.00. The molecule has 8 heteroatoms. The van der Waals surface area contributed by atoms with Crippen LogP contribution in [0.25, 0.3) is 0 Å². The second-order valence-electron chi connectivity index (χ2n) is 6.39. The van der Waals surface area contributed by atoms with Crippen molar-refractivity contribution in [2.24, 2.45) is 0 Å². The van der Waals surface area contributed by atoms with E-state index in [0.717, 1.165) is 6.92 Å². The van der Waals surface area contributed by atoms with Gasteiger partial charge in [0.05, 0.1) is 10.9 Å². The summed E-state index contributed by atoms with van der Waals surface area (Å²) >= 11 is 5.67. The molecule has 2 atom stereocenters. The molecule has 1 fully saturated rings. The van der Waals surface area contributed by atoms with Gasteiger partial charge < -0.3 is 0 Å². The number of alkyl halides is 3. The highest BCUT2D eigenvalue weighted by molar-refractivity contribution is 6.30. The third-order valence-electron chi connectivity index (χ3n) is 4.71. The van der Waals surface area contributed by atoms with E-state index in [1.165, 1.54) is 24.0 Å². The van der Waals surface area contributed by atoms with E-state index >= 15 is 0 Å². The lowest BCUT2D eigenvalue weighted by Crippen LogP contribution is -2.54. The van der Waals surface area contributed by atoms with Crippen LogP contribution in [0.3, 0.4) is 0 Å². The van der Waals surface area contributed by atoms with Crippen LogP contribution in [0.1, 0.15) is 25.3 Å². The second-order valence-corrected chi connectivity index (χ2v) is 6.80. The maximum Gasteiger partial charge on any atom is 0.403 e. The van der Waals surface area contributed by atoms with E-state index in [9.17, 15) is 22.4 Å². The lowest BCUT2D eigenvalue weighted by atomic mass is 9.94. The molecule has 0 amide bonds. The van der Waals surface area contributed by atoms with Gasteiger partial charge in [-0.05, 0) is 31.5 Å². The van der Waals surface area contributed by atoms with Gasteiger partial charge in [0.15, 0.2) is 0 Å². The predicted molar refractivity (Wildman–Crippen MR) is 88.4 cm³/mol. The molecular weight excluding hydrogens is 360 g/mol. The summed E-state index contributed by atoms with van der Waals surface area (Å²) in [4.78, 5) is 15.3. The molecule has 1 aliphatic rings. The molecule has 0 spiro atoms.